The van der Waals surface area contributed by atoms with E-state index in [0.717, 1.165) is 56.2 Å². The standard InChI is InChI=1S/C20H29N5OS/c1-14-6-4-5-7-25(14)17(26)12-23-8-10-24(11-9-23)19-18-15(2)16(3)27-20(18)22-13-21-19/h13-14H,4-12H2,1-3H3. The van der Waals surface area contributed by atoms with Crippen molar-refractivity contribution in [3.8, 4) is 0 Å². The van der Waals surface area contributed by atoms with Gasteiger partial charge in [-0.3, -0.25) is 9.69 Å². The maximum absolute atomic E-state index is 12.7. The zero-order chi connectivity index (χ0) is 19.0. The normalized spacial score (nSPS) is 21.8. The van der Waals surface area contributed by atoms with Crippen LogP contribution in [0, 0.1) is 13.8 Å². The molecule has 2 saturated heterocycles. The Bertz CT molecular complexity index is 827. The van der Waals surface area contributed by atoms with Crippen molar-refractivity contribution in [3.05, 3.63) is 16.8 Å². The zero-order valence-electron chi connectivity index (χ0n) is 16.6. The van der Waals surface area contributed by atoms with Crippen molar-refractivity contribution in [2.24, 2.45) is 0 Å². The molecule has 2 aromatic rings. The number of fused-ring (bicyclic) bond motifs is 1. The molecule has 6 nitrogen and oxygen atoms in total. The first-order valence-electron chi connectivity index (χ1n) is 10.0. The van der Waals surface area contributed by atoms with Gasteiger partial charge in [-0.1, -0.05) is 0 Å². The maximum atomic E-state index is 12.7. The van der Waals surface area contributed by atoms with Crippen molar-refractivity contribution in [1.82, 2.24) is 19.8 Å². The quantitative estimate of drug-likeness (QED) is 0.811. The largest absolute Gasteiger partial charge is 0.353 e. The smallest absolute Gasteiger partial charge is 0.236 e. The first-order valence-corrected chi connectivity index (χ1v) is 10.8. The van der Waals surface area contributed by atoms with Crippen LogP contribution in [0.15, 0.2) is 6.33 Å². The Hall–Kier alpha value is -1.73. The third kappa shape index (κ3) is 3.67. The monoisotopic (exact) mass is 387 g/mol. The summed E-state index contributed by atoms with van der Waals surface area (Å²) in [5.41, 5.74) is 1.29. The molecule has 1 amide bonds. The van der Waals surface area contributed by atoms with E-state index in [1.165, 1.54) is 22.2 Å². The molecule has 0 aliphatic carbocycles. The Kier molecular flexibility index (Phi) is 5.32. The summed E-state index contributed by atoms with van der Waals surface area (Å²) in [7, 11) is 0. The fourth-order valence-corrected chi connectivity index (χ4v) is 5.26. The van der Waals surface area contributed by atoms with Crippen LogP contribution in [0.2, 0.25) is 0 Å². The van der Waals surface area contributed by atoms with Crippen molar-refractivity contribution in [2.75, 3.05) is 44.2 Å². The molecule has 1 unspecified atom stereocenters. The molecule has 0 bridgehead atoms. The molecule has 0 radical (unpaired) electrons. The van der Waals surface area contributed by atoms with Gasteiger partial charge >= 0.3 is 0 Å². The minimum atomic E-state index is 0.296. The van der Waals surface area contributed by atoms with Gasteiger partial charge in [-0.2, -0.15) is 0 Å². The SMILES string of the molecule is Cc1sc2ncnc(N3CCN(CC(=O)N4CCCCC4C)CC3)c2c1C. The number of anilines is 1. The Morgan fingerprint density at radius 1 is 1.15 bits per heavy atom. The van der Waals surface area contributed by atoms with Crippen molar-refractivity contribution in [3.63, 3.8) is 0 Å². The maximum Gasteiger partial charge on any atom is 0.236 e. The molecule has 1 atom stereocenters. The summed E-state index contributed by atoms with van der Waals surface area (Å²) in [5, 5.41) is 1.20. The number of hydrogen-bond donors (Lipinski definition) is 0. The number of piperidine rings is 1. The Balaban J connectivity index is 1.40. The van der Waals surface area contributed by atoms with Crippen LogP contribution in [0.3, 0.4) is 0 Å². The number of carbonyl (C=O) groups excluding carboxylic acids is 1. The van der Waals surface area contributed by atoms with Gasteiger partial charge in [0.05, 0.1) is 11.9 Å². The molecular weight excluding hydrogens is 358 g/mol. The Morgan fingerprint density at radius 2 is 1.93 bits per heavy atom. The van der Waals surface area contributed by atoms with Gasteiger partial charge in [0.25, 0.3) is 0 Å². The van der Waals surface area contributed by atoms with Crippen molar-refractivity contribution >= 4 is 33.3 Å². The third-order valence-corrected chi connectivity index (χ3v) is 7.21. The molecule has 2 fully saturated rings. The van der Waals surface area contributed by atoms with Gasteiger partial charge in [-0.05, 0) is 45.6 Å². The fourth-order valence-electron chi connectivity index (χ4n) is 4.27. The van der Waals surface area contributed by atoms with Crippen LogP contribution < -0.4 is 4.90 Å². The van der Waals surface area contributed by atoms with E-state index >= 15 is 0 Å². The summed E-state index contributed by atoms with van der Waals surface area (Å²) < 4.78 is 0. The molecule has 146 valence electrons. The molecule has 7 heteroatoms. The number of piperazine rings is 1. The number of hydrogen-bond acceptors (Lipinski definition) is 6. The molecule has 2 aliphatic heterocycles. The van der Waals surface area contributed by atoms with Gasteiger partial charge < -0.3 is 9.80 Å². The predicted molar refractivity (Wildman–Crippen MR) is 111 cm³/mol. The number of likely N-dealkylation sites (tertiary alicyclic amines) is 1. The second-order valence-corrected chi connectivity index (χ2v) is 9.06. The molecule has 27 heavy (non-hydrogen) atoms. The number of aromatic nitrogens is 2. The molecular formula is C20H29N5OS. The summed E-state index contributed by atoms with van der Waals surface area (Å²) in [6, 6.07) is 0.395. The van der Waals surface area contributed by atoms with Gasteiger partial charge in [0, 0.05) is 43.6 Å². The number of carbonyl (C=O) groups is 1. The van der Waals surface area contributed by atoms with Gasteiger partial charge in [-0.15, -0.1) is 11.3 Å². The minimum absolute atomic E-state index is 0.296. The average molecular weight is 388 g/mol. The highest BCUT2D eigenvalue weighted by molar-refractivity contribution is 7.18. The molecule has 4 rings (SSSR count). The Morgan fingerprint density at radius 3 is 2.67 bits per heavy atom. The lowest BCUT2D eigenvalue weighted by molar-refractivity contribution is -0.135. The lowest BCUT2D eigenvalue weighted by Gasteiger charge is -2.38. The summed E-state index contributed by atoms with van der Waals surface area (Å²) in [6.45, 7) is 11.6. The van der Waals surface area contributed by atoms with E-state index in [-0.39, 0.29) is 0 Å². The first kappa shape index (κ1) is 18.6. The summed E-state index contributed by atoms with van der Waals surface area (Å²) in [4.78, 5) is 30.9. The fraction of sp³-hybridized carbons (Fsp3) is 0.650. The third-order valence-electron chi connectivity index (χ3n) is 6.10. The molecule has 0 aromatic carbocycles. The van der Waals surface area contributed by atoms with E-state index in [0.29, 0.717) is 18.5 Å². The lowest BCUT2D eigenvalue weighted by atomic mass is 10.0. The van der Waals surface area contributed by atoms with Crippen LogP contribution in [-0.2, 0) is 4.79 Å². The predicted octanol–water partition coefficient (Wildman–Crippen LogP) is 2.83. The van der Waals surface area contributed by atoms with Gasteiger partial charge in [0.15, 0.2) is 0 Å². The number of nitrogens with zero attached hydrogens (tertiary/aromatic N) is 5. The van der Waals surface area contributed by atoms with Crippen LogP contribution >= 0.6 is 11.3 Å². The molecule has 2 aliphatic rings. The van der Waals surface area contributed by atoms with Crippen molar-refractivity contribution in [1.29, 1.82) is 0 Å². The van der Waals surface area contributed by atoms with Crippen molar-refractivity contribution < 1.29 is 4.79 Å². The zero-order valence-corrected chi connectivity index (χ0v) is 17.4. The molecule has 0 N–H and O–H groups in total. The number of amides is 1. The van der Waals surface area contributed by atoms with Crippen LogP contribution in [0.4, 0.5) is 5.82 Å². The van der Waals surface area contributed by atoms with Gasteiger partial charge in [0.1, 0.15) is 17.0 Å². The Labute approximate surface area is 165 Å². The van der Waals surface area contributed by atoms with E-state index in [1.54, 1.807) is 17.7 Å². The average Bonchev–Trinajstić information content (AvgIpc) is 2.97. The van der Waals surface area contributed by atoms with E-state index < -0.39 is 0 Å². The van der Waals surface area contributed by atoms with Crippen LogP contribution in [0.25, 0.3) is 10.2 Å². The van der Waals surface area contributed by atoms with E-state index in [9.17, 15) is 4.79 Å². The number of aryl methyl sites for hydroxylation is 2. The highest BCUT2D eigenvalue weighted by Gasteiger charge is 2.27. The van der Waals surface area contributed by atoms with E-state index in [2.05, 4.69) is 45.4 Å². The molecule has 2 aromatic heterocycles. The first-order chi connectivity index (χ1) is 13.0. The molecule has 0 spiro atoms. The highest BCUT2D eigenvalue weighted by Crippen LogP contribution is 2.34. The molecule has 4 heterocycles. The van der Waals surface area contributed by atoms with Crippen LogP contribution in [0.1, 0.15) is 36.6 Å². The van der Waals surface area contributed by atoms with Crippen LogP contribution in [0.5, 0.6) is 0 Å². The van der Waals surface area contributed by atoms with E-state index in [1.807, 2.05) is 0 Å². The van der Waals surface area contributed by atoms with E-state index in [4.69, 9.17) is 0 Å². The highest BCUT2D eigenvalue weighted by atomic mass is 32.1. The van der Waals surface area contributed by atoms with Gasteiger partial charge in [-0.25, -0.2) is 9.97 Å². The second kappa shape index (κ2) is 7.72. The summed E-state index contributed by atoms with van der Waals surface area (Å²) >= 11 is 1.74. The lowest BCUT2D eigenvalue weighted by Crippen LogP contribution is -2.52. The van der Waals surface area contributed by atoms with Crippen molar-refractivity contribution in [2.45, 2.75) is 46.1 Å². The summed E-state index contributed by atoms with van der Waals surface area (Å²) in [6.07, 6.45) is 5.22. The number of rotatable bonds is 3. The van der Waals surface area contributed by atoms with Gasteiger partial charge in [0.2, 0.25) is 5.91 Å². The molecule has 0 saturated carbocycles. The minimum Gasteiger partial charge on any atom is -0.353 e. The summed E-state index contributed by atoms with van der Waals surface area (Å²) in [5.74, 6) is 1.35. The second-order valence-electron chi connectivity index (χ2n) is 7.86. The topological polar surface area (TPSA) is 52.6 Å². The number of thiophene rings is 1. The van der Waals surface area contributed by atoms with Crippen LogP contribution in [-0.4, -0.2) is 71.0 Å².